The normalized spacial score (nSPS) is 16.0. The molecule has 2 aromatic rings. The minimum atomic E-state index is -0.396. The van der Waals surface area contributed by atoms with E-state index >= 15 is 0 Å². The number of aliphatic hydroxyl groups is 1. The van der Waals surface area contributed by atoms with Crippen LogP contribution < -0.4 is 0 Å². The summed E-state index contributed by atoms with van der Waals surface area (Å²) < 4.78 is 5.31. The molecule has 0 aliphatic heterocycles. The highest BCUT2D eigenvalue weighted by Crippen LogP contribution is 2.37. The lowest BCUT2D eigenvalue weighted by atomic mass is 9.98. The van der Waals surface area contributed by atoms with E-state index in [1.165, 1.54) is 18.4 Å². The van der Waals surface area contributed by atoms with Crippen LogP contribution >= 0.6 is 0 Å². The second kappa shape index (κ2) is 4.62. The number of allylic oxidation sites excluding steroid dienone is 1. The van der Waals surface area contributed by atoms with Crippen LogP contribution in [0.25, 0.3) is 11.0 Å². The van der Waals surface area contributed by atoms with Crippen molar-refractivity contribution in [2.75, 3.05) is 0 Å². The van der Waals surface area contributed by atoms with Gasteiger partial charge in [-0.05, 0) is 49.4 Å². The molecule has 1 aliphatic carbocycles. The van der Waals surface area contributed by atoms with E-state index < -0.39 is 6.10 Å². The van der Waals surface area contributed by atoms with Gasteiger partial charge in [0.05, 0.1) is 12.4 Å². The maximum atomic E-state index is 10.3. The molecule has 2 heteroatoms. The molecule has 1 aromatic carbocycles. The Kier molecular flexibility index (Phi) is 2.96. The molecule has 1 aliphatic rings. The van der Waals surface area contributed by atoms with Crippen molar-refractivity contribution in [3.63, 3.8) is 0 Å². The Balaban J connectivity index is 1.82. The fourth-order valence-corrected chi connectivity index (χ4v) is 2.50. The smallest absolute Gasteiger partial charge is 0.133 e. The van der Waals surface area contributed by atoms with Gasteiger partial charge in [0.25, 0.3) is 0 Å². The summed E-state index contributed by atoms with van der Waals surface area (Å²) in [5.74, 6) is 0. The van der Waals surface area contributed by atoms with Crippen LogP contribution in [0.4, 0.5) is 0 Å². The number of benzene rings is 1. The molecular formula is C16H18O2. The number of aliphatic hydroxyl groups excluding tert-OH is 1. The van der Waals surface area contributed by atoms with E-state index in [1.54, 1.807) is 11.8 Å². The molecule has 3 rings (SSSR count). The van der Waals surface area contributed by atoms with Gasteiger partial charge in [-0.2, -0.15) is 0 Å². The van der Waals surface area contributed by atoms with Crippen LogP contribution in [0.5, 0.6) is 0 Å². The maximum Gasteiger partial charge on any atom is 0.133 e. The average molecular weight is 242 g/mol. The standard InChI is InChI=1S/C16H18O2/c1-2-11(12-3-4-12)10-15(17)13-5-6-16-14(9-13)7-8-18-16/h5-9,15,17H,2-4,10H2,1H3. The fraction of sp³-hybridized carbons (Fsp3) is 0.375. The van der Waals surface area contributed by atoms with Gasteiger partial charge in [-0.25, -0.2) is 0 Å². The van der Waals surface area contributed by atoms with E-state index in [2.05, 4.69) is 6.92 Å². The zero-order chi connectivity index (χ0) is 12.5. The molecule has 0 saturated heterocycles. The van der Waals surface area contributed by atoms with Gasteiger partial charge in [-0.3, -0.25) is 0 Å². The highest BCUT2D eigenvalue weighted by molar-refractivity contribution is 5.77. The minimum Gasteiger partial charge on any atom is -0.464 e. The first kappa shape index (κ1) is 11.5. The van der Waals surface area contributed by atoms with E-state index in [9.17, 15) is 5.11 Å². The molecule has 1 unspecified atom stereocenters. The Morgan fingerprint density at radius 3 is 2.89 bits per heavy atom. The van der Waals surface area contributed by atoms with E-state index in [0.717, 1.165) is 29.4 Å². The van der Waals surface area contributed by atoms with E-state index in [1.807, 2.05) is 24.3 Å². The quantitative estimate of drug-likeness (QED) is 0.808. The number of rotatable bonds is 4. The van der Waals surface area contributed by atoms with E-state index in [0.29, 0.717) is 0 Å². The van der Waals surface area contributed by atoms with Crippen molar-refractivity contribution in [3.8, 4) is 0 Å². The number of hydrogen-bond donors (Lipinski definition) is 1. The van der Waals surface area contributed by atoms with Crippen molar-refractivity contribution in [2.24, 2.45) is 0 Å². The molecule has 1 N–H and O–H groups in total. The molecule has 18 heavy (non-hydrogen) atoms. The Morgan fingerprint density at radius 1 is 1.33 bits per heavy atom. The fourth-order valence-electron chi connectivity index (χ4n) is 2.50. The maximum absolute atomic E-state index is 10.3. The summed E-state index contributed by atoms with van der Waals surface area (Å²) in [5.41, 5.74) is 4.86. The van der Waals surface area contributed by atoms with Gasteiger partial charge in [0.15, 0.2) is 0 Å². The molecule has 1 saturated carbocycles. The lowest BCUT2D eigenvalue weighted by Crippen LogP contribution is -1.99. The molecule has 1 atom stereocenters. The summed E-state index contributed by atoms with van der Waals surface area (Å²) in [7, 11) is 0. The Hall–Kier alpha value is -1.54. The highest BCUT2D eigenvalue weighted by Gasteiger charge is 2.19. The molecule has 0 amide bonds. The monoisotopic (exact) mass is 242 g/mol. The molecule has 0 bridgehead atoms. The van der Waals surface area contributed by atoms with Crippen LogP contribution in [0.15, 0.2) is 46.1 Å². The third kappa shape index (κ3) is 2.21. The van der Waals surface area contributed by atoms with Crippen molar-refractivity contribution in [2.45, 2.75) is 38.7 Å². The lowest BCUT2D eigenvalue weighted by Gasteiger charge is -2.13. The van der Waals surface area contributed by atoms with E-state index in [4.69, 9.17) is 4.42 Å². The van der Waals surface area contributed by atoms with Crippen LogP contribution in [0.2, 0.25) is 0 Å². The first-order chi connectivity index (χ1) is 8.78. The third-order valence-electron chi connectivity index (χ3n) is 3.73. The van der Waals surface area contributed by atoms with Gasteiger partial charge in [-0.1, -0.05) is 24.1 Å². The summed E-state index contributed by atoms with van der Waals surface area (Å²) >= 11 is 0. The number of fused-ring (bicyclic) bond motifs is 1. The van der Waals surface area contributed by atoms with Crippen LogP contribution in [0, 0.1) is 0 Å². The number of furan rings is 1. The van der Waals surface area contributed by atoms with E-state index in [-0.39, 0.29) is 0 Å². The van der Waals surface area contributed by atoms with Gasteiger partial charge in [0.2, 0.25) is 0 Å². The molecule has 1 fully saturated rings. The summed E-state index contributed by atoms with van der Waals surface area (Å²) in [6, 6.07) is 7.85. The molecule has 0 radical (unpaired) electrons. The van der Waals surface area contributed by atoms with Gasteiger partial charge in [0.1, 0.15) is 5.58 Å². The highest BCUT2D eigenvalue weighted by atomic mass is 16.3. The zero-order valence-electron chi connectivity index (χ0n) is 10.6. The topological polar surface area (TPSA) is 33.4 Å². The molecule has 1 heterocycles. The van der Waals surface area contributed by atoms with Crippen molar-refractivity contribution < 1.29 is 9.52 Å². The predicted octanol–water partition coefficient (Wildman–Crippen LogP) is 4.36. The van der Waals surface area contributed by atoms with Crippen molar-refractivity contribution >= 4 is 11.0 Å². The lowest BCUT2D eigenvalue weighted by molar-refractivity contribution is 0.177. The van der Waals surface area contributed by atoms with Crippen molar-refractivity contribution in [3.05, 3.63) is 47.2 Å². The zero-order valence-corrected chi connectivity index (χ0v) is 10.6. The number of hydrogen-bond acceptors (Lipinski definition) is 2. The molecule has 0 spiro atoms. The van der Waals surface area contributed by atoms with Gasteiger partial charge in [0, 0.05) is 5.39 Å². The van der Waals surface area contributed by atoms with Gasteiger partial charge < -0.3 is 9.52 Å². The van der Waals surface area contributed by atoms with Crippen molar-refractivity contribution in [1.29, 1.82) is 0 Å². The SMILES string of the molecule is CCC(CC(O)c1ccc2occc2c1)=C1CC1. The van der Waals surface area contributed by atoms with Gasteiger partial charge >= 0.3 is 0 Å². The van der Waals surface area contributed by atoms with Crippen LogP contribution in [-0.2, 0) is 0 Å². The third-order valence-corrected chi connectivity index (χ3v) is 3.73. The van der Waals surface area contributed by atoms with Crippen molar-refractivity contribution in [1.82, 2.24) is 0 Å². The second-order valence-electron chi connectivity index (χ2n) is 5.00. The minimum absolute atomic E-state index is 0.396. The van der Waals surface area contributed by atoms with Crippen LogP contribution in [-0.4, -0.2) is 5.11 Å². The molecular weight excluding hydrogens is 224 g/mol. The Labute approximate surface area is 107 Å². The molecule has 1 aromatic heterocycles. The molecule has 94 valence electrons. The first-order valence-electron chi connectivity index (χ1n) is 6.63. The van der Waals surface area contributed by atoms with Gasteiger partial charge in [-0.15, -0.1) is 0 Å². The summed E-state index contributed by atoms with van der Waals surface area (Å²) in [6.45, 7) is 2.17. The largest absolute Gasteiger partial charge is 0.464 e. The first-order valence-corrected chi connectivity index (χ1v) is 6.63. The summed E-state index contributed by atoms with van der Waals surface area (Å²) in [4.78, 5) is 0. The molecule has 2 nitrogen and oxygen atoms in total. The predicted molar refractivity (Wildman–Crippen MR) is 72.3 cm³/mol. The second-order valence-corrected chi connectivity index (χ2v) is 5.00. The van der Waals surface area contributed by atoms with Crippen LogP contribution in [0.3, 0.4) is 0 Å². The average Bonchev–Trinajstić information content (AvgIpc) is 3.12. The Bertz CT molecular complexity index is 586. The Morgan fingerprint density at radius 2 is 2.17 bits per heavy atom. The summed E-state index contributed by atoms with van der Waals surface area (Å²) in [6.07, 6.45) is 5.58. The van der Waals surface area contributed by atoms with Crippen LogP contribution in [0.1, 0.15) is 44.3 Å². The summed E-state index contributed by atoms with van der Waals surface area (Å²) in [5, 5.41) is 11.4.